The monoisotopic (exact) mass is 350 g/mol. The Labute approximate surface area is 149 Å². The molecule has 1 saturated carbocycles. The molecule has 132 valence electrons. The lowest BCUT2D eigenvalue weighted by Gasteiger charge is -2.37. The Kier molecular flexibility index (Phi) is 6.21. The summed E-state index contributed by atoms with van der Waals surface area (Å²) in [6.45, 7) is 6.33. The van der Waals surface area contributed by atoms with Crippen LogP contribution >= 0.6 is 11.6 Å². The fraction of sp³-hybridized carbons (Fsp3) is 0.611. The van der Waals surface area contributed by atoms with E-state index in [1.165, 1.54) is 18.5 Å². The van der Waals surface area contributed by atoms with Gasteiger partial charge in [0.2, 0.25) is 0 Å². The van der Waals surface area contributed by atoms with Crippen LogP contribution < -0.4 is 10.2 Å². The first-order valence-corrected chi connectivity index (χ1v) is 9.18. The third-order valence-corrected chi connectivity index (χ3v) is 4.78. The minimum absolute atomic E-state index is 0.748. The Morgan fingerprint density at radius 2 is 2.08 bits per heavy atom. The average molecular weight is 351 g/mol. The molecule has 0 radical (unpaired) electrons. The molecule has 0 amide bonds. The van der Waals surface area contributed by atoms with E-state index in [4.69, 9.17) is 16.3 Å². The number of benzene rings is 1. The quantitative estimate of drug-likeness (QED) is 0.486. The molecule has 1 N–H and O–H groups in total. The lowest BCUT2D eigenvalue weighted by Crippen LogP contribution is -2.53. The van der Waals surface area contributed by atoms with E-state index in [0.29, 0.717) is 0 Å². The van der Waals surface area contributed by atoms with Crippen LogP contribution in [0.3, 0.4) is 0 Å². The van der Waals surface area contributed by atoms with Gasteiger partial charge in [0.25, 0.3) is 0 Å². The van der Waals surface area contributed by atoms with Gasteiger partial charge in [-0.3, -0.25) is 4.99 Å². The molecule has 24 heavy (non-hydrogen) atoms. The van der Waals surface area contributed by atoms with Gasteiger partial charge in [-0.05, 0) is 37.0 Å². The van der Waals surface area contributed by atoms with Gasteiger partial charge in [-0.25, -0.2) is 0 Å². The number of guanidine groups is 1. The standard InChI is InChI=1S/C18H27ClN4O/c1-20-18(21-7-12-24-14-15-5-6-15)23-10-8-22(9-11-23)17-4-2-3-16(19)13-17/h2-4,13,15H,5-12,14H2,1H3,(H,20,21). The number of hydrogen-bond acceptors (Lipinski definition) is 3. The first-order chi connectivity index (χ1) is 11.8. The summed E-state index contributed by atoms with van der Waals surface area (Å²) in [6.07, 6.45) is 2.68. The fourth-order valence-corrected chi connectivity index (χ4v) is 3.14. The molecule has 1 aliphatic carbocycles. The lowest BCUT2D eigenvalue weighted by molar-refractivity contribution is 0.128. The number of nitrogens with zero attached hydrogens (tertiary/aromatic N) is 3. The summed E-state index contributed by atoms with van der Waals surface area (Å²) in [7, 11) is 1.84. The summed E-state index contributed by atoms with van der Waals surface area (Å²) in [5.41, 5.74) is 1.19. The molecule has 0 atom stereocenters. The van der Waals surface area contributed by atoms with E-state index >= 15 is 0 Å². The van der Waals surface area contributed by atoms with E-state index in [9.17, 15) is 0 Å². The number of hydrogen-bond donors (Lipinski definition) is 1. The van der Waals surface area contributed by atoms with Crippen LogP contribution in [0.4, 0.5) is 5.69 Å². The van der Waals surface area contributed by atoms with Crippen molar-refractivity contribution in [3.63, 3.8) is 0 Å². The highest BCUT2D eigenvalue weighted by Crippen LogP contribution is 2.28. The molecule has 3 rings (SSSR count). The molecule has 1 heterocycles. The summed E-state index contributed by atoms with van der Waals surface area (Å²) in [6, 6.07) is 8.07. The van der Waals surface area contributed by atoms with Crippen LogP contribution in [0.5, 0.6) is 0 Å². The van der Waals surface area contributed by atoms with Gasteiger partial charge in [0.15, 0.2) is 5.96 Å². The molecule has 1 aliphatic heterocycles. The van der Waals surface area contributed by atoms with Crippen LogP contribution in [0.2, 0.25) is 5.02 Å². The molecular formula is C18H27ClN4O. The zero-order valence-electron chi connectivity index (χ0n) is 14.4. The molecule has 6 heteroatoms. The van der Waals surface area contributed by atoms with E-state index in [1.54, 1.807) is 0 Å². The van der Waals surface area contributed by atoms with Gasteiger partial charge in [0.1, 0.15) is 0 Å². The largest absolute Gasteiger partial charge is 0.379 e. The number of piperazine rings is 1. The van der Waals surface area contributed by atoms with Crippen molar-refractivity contribution in [3.8, 4) is 0 Å². The number of ether oxygens (including phenoxy) is 1. The van der Waals surface area contributed by atoms with Gasteiger partial charge >= 0.3 is 0 Å². The zero-order valence-corrected chi connectivity index (χ0v) is 15.1. The molecule has 1 aromatic rings. The third-order valence-electron chi connectivity index (χ3n) is 4.54. The van der Waals surface area contributed by atoms with Gasteiger partial charge in [0.05, 0.1) is 6.61 Å². The number of anilines is 1. The van der Waals surface area contributed by atoms with Crippen LogP contribution in [0.15, 0.2) is 29.3 Å². The molecule has 2 fully saturated rings. The molecule has 2 aliphatic rings. The highest BCUT2D eigenvalue weighted by atomic mass is 35.5. The fourth-order valence-electron chi connectivity index (χ4n) is 2.95. The molecular weight excluding hydrogens is 324 g/mol. The molecule has 0 aromatic heterocycles. The number of aliphatic imine (C=N–C) groups is 1. The van der Waals surface area contributed by atoms with E-state index < -0.39 is 0 Å². The van der Waals surface area contributed by atoms with Crippen molar-refractivity contribution < 1.29 is 4.74 Å². The highest BCUT2D eigenvalue weighted by Gasteiger charge is 2.21. The number of rotatable bonds is 6. The summed E-state index contributed by atoms with van der Waals surface area (Å²) in [4.78, 5) is 9.08. The van der Waals surface area contributed by atoms with E-state index in [1.807, 2.05) is 25.2 Å². The Morgan fingerprint density at radius 1 is 1.29 bits per heavy atom. The van der Waals surface area contributed by atoms with Gasteiger partial charge in [-0.2, -0.15) is 0 Å². The number of halogens is 1. The van der Waals surface area contributed by atoms with Crippen molar-refractivity contribution in [2.24, 2.45) is 10.9 Å². The van der Waals surface area contributed by atoms with E-state index in [2.05, 4.69) is 26.2 Å². The Bertz CT molecular complexity index is 554. The summed E-state index contributed by atoms with van der Waals surface area (Å²) < 4.78 is 5.67. The highest BCUT2D eigenvalue weighted by molar-refractivity contribution is 6.30. The smallest absolute Gasteiger partial charge is 0.193 e. The number of nitrogens with one attached hydrogen (secondary N) is 1. The maximum atomic E-state index is 6.09. The topological polar surface area (TPSA) is 40.1 Å². The SMILES string of the molecule is CN=C(NCCOCC1CC1)N1CCN(c2cccc(Cl)c2)CC1. The van der Waals surface area contributed by atoms with Crippen LogP contribution in [0.1, 0.15) is 12.8 Å². The van der Waals surface area contributed by atoms with Gasteiger partial charge in [-0.1, -0.05) is 17.7 Å². The van der Waals surface area contributed by atoms with Crippen LogP contribution in [0.25, 0.3) is 0 Å². The van der Waals surface area contributed by atoms with E-state index in [0.717, 1.165) is 62.8 Å². The Balaban J connectivity index is 1.40. The van der Waals surface area contributed by atoms with Crippen molar-refractivity contribution in [1.29, 1.82) is 0 Å². The summed E-state index contributed by atoms with van der Waals surface area (Å²) in [5.74, 6) is 1.79. The summed E-state index contributed by atoms with van der Waals surface area (Å²) in [5, 5.41) is 4.20. The van der Waals surface area contributed by atoms with Crippen molar-refractivity contribution >= 4 is 23.2 Å². The third kappa shape index (κ3) is 5.02. The molecule has 0 bridgehead atoms. The zero-order chi connectivity index (χ0) is 16.8. The van der Waals surface area contributed by atoms with Crippen molar-refractivity contribution in [2.45, 2.75) is 12.8 Å². The summed E-state index contributed by atoms with van der Waals surface area (Å²) >= 11 is 6.09. The van der Waals surface area contributed by atoms with Gasteiger partial charge in [-0.15, -0.1) is 0 Å². The maximum Gasteiger partial charge on any atom is 0.193 e. The van der Waals surface area contributed by atoms with Crippen molar-refractivity contribution in [2.75, 3.05) is 57.9 Å². The predicted molar refractivity (Wildman–Crippen MR) is 100 cm³/mol. The Hall–Kier alpha value is -1.46. The second kappa shape index (κ2) is 8.58. The molecule has 5 nitrogen and oxygen atoms in total. The molecule has 1 saturated heterocycles. The lowest BCUT2D eigenvalue weighted by atomic mass is 10.2. The molecule has 0 unspecified atom stereocenters. The average Bonchev–Trinajstić information content (AvgIpc) is 3.43. The van der Waals surface area contributed by atoms with Crippen molar-refractivity contribution in [1.82, 2.24) is 10.2 Å². The first kappa shape index (κ1) is 17.4. The van der Waals surface area contributed by atoms with Crippen LogP contribution in [-0.4, -0.2) is 63.8 Å². The second-order valence-electron chi connectivity index (χ2n) is 6.45. The predicted octanol–water partition coefficient (Wildman–Crippen LogP) is 2.46. The van der Waals surface area contributed by atoms with Gasteiger partial charge < -0.3 is 19.9 Å². The normalized spacial score (nSPS) is 18.8. The minimum atomic E-state index is 0.748. The minimum Gasteiger partial charge on any atom is -0.379 e. The van der Waals surface area contributed by atoms with Crippen LogP contribution in [0, 0.1) is 5.92 Å². The van der Waals surface area contributed by atoms with Crippen LogP contribution in [-0.2, 0) is 4.74 Å². The Morgan fingerprint density at radius 3 is 2.75 bits per heavy atom. The second-order valence-corrected chi connectivity index (χ2v) is 6.88. The molecule has 0 spiro atoms. The van der Waals surface area contributed by atoms with Gasteiger partial charge in [0, 0.05) is 57.1 Å². The first-order valence-electron chi connectivity index (χ1n) is 8.80. The maximum absolute atomic E-state index is 6.09. The van der Waals surface area contributed by atoms with Crippen molar-refractivity contribution in [3.05, 3.63) is 29.3 Å². The van der Waals surface area contributed by atoms with E-state index in [-0.39, 0.29) is 0 Å². The molecule has 1 aromatic carbocycles.